The van der Waals surface area contributed by atoms with E-state index < -0.39 is 0 Å². The third kappa shape index (κ3) is 3.32. The Labute approximate surface area is 119 Å². The van der Waals surface area contributed by atoms with E-state index >= 15 is 0 Å². The van der Waals surface area contributed by atoms with Gasteiger partial charge in [0.1, 0.15) is 4.60 Å². The molecular weight excluding hydrogens is 308 g/mol. The molecule has 4 nitrogen and oxygen atoms in total. The van der Waals surface area contributed by atoms with Crippen LogP contribution in [-0.4, -0.2) is 18.1 Å². The summed E-state index contributed by atoms with van der Waals surface area (Å²) in [5, 5.41) is 3.23. The summed E-state index contributed by atoms with van der Waals surface area (Å²) in [6.07, 6.45) is 1.71. The van der Waals surface area contributed by atoms with Crippen molar-refractivity contribution in [1.29, 1.82) is 0 Å². The highest BCUT2D eigenvalue weighted by atomic mass is 79.9. The SMILES string of the molecule is COC(=O)c1ccccc1CNc1cccnc1Br. The molecule has 0 spiro atoms. The smallest absolute Gasteiger partial charge is 0.338 e. The average molecular weight is 321 g/mol. The summed E-state index contributed by atoms with van der Waals surface area (Å²) in [7, 11) is 1.38. The molecule has 1 heterocycles. The van der Waals surface area contributed by atoms with Crippen LogP contribution >= 0.6 is 15.9 Å². The van der Waals surface area contributed by atoms with Crippen molar-refractivity contribution >= 4 is 27.6 Å². The fourth-order valence-corrected chi connectivity index (χ4v) is 2.08. The Hall–Kier alpha value is -1.88. The summed E-state index contributed by atoms with van der Waals surface area (Å²) in [6.45, 7) is 0.523. The monoisotopic (exact) mass is 320 g/mol. The highest BCUT2D eigenvalue weighted by Gasteiger charge is 2.10. The Balaban J connectivity index is 2.16. The molecular formula is C14H13BrN2O2. The lowest BCUT2D eigenvalue weighted by Gasteiger charge is -2.10. The topological polar surface area (TPSA) is 51.2 Å². The Morgan fingerprint density at radius 2 is 2.11 bits per heavy atom. The summed E-state index contributed by atoms with van der Waals surface area (Å²) < 4.78 is 5.51. The molecule has 0 bridgehead atoms. The third-order valence-electron chi connectivity index (χ3n) is 2.65. The second kappa shape index (κ2) is 6.33. The van der Waals surface area contributed by atoms with Crippen LogP contribution in [0, 0.1) is 0 Å². The van der Waals surface area contributed by atoms with Gasteiger partial charge in [0, 0.05) is 12.7 Å². The molecule has 5 heteroatoms. The number of hydrogen-bond acceptors (Lipinski definition) is 4. The number of ether oxygens (including phenoxy) is 1. The minimum atomic E-state index is -0.331. The molecule has 0 radical (unpaired) electrons. The van der Waals surface area contributed by atoms with E-state index in [9.17, 15) is 4.79 Å². The number of hydrogen-bond donors (Lipinski definition) is 1. The van der Waals surface area contributed by atoms with Crippen LogP contribution in [0.5, 0.6) is 0 Å². The molecule has 0 aliphatic rings. The maximum atomic E-state index is 11.6. The van der Waals surface area contributed by atoms with E-state index in [-0.39, 0.29) is 5.97 Å². The molecule has 19 heavy (non-hydrogen) atoms. The van der Waals surface area contributed by atoms with Crippen molar-refractivity contribution in [3.63, 3.8) is 0 Å². The normalized spacial score (nSPS) is 10.0. The van der Waals surface area contributed by atoms with Gasteiger partial charge in [-0.05, 0) is 39.7 Å². The van der Waals surface area contributed by atoms with Gasteiger partial charge in [-0.2, -0.15) is 0 Å². The van der Waals surface area contributed by atoms with Crippen molar-refractivity contribution < 1.29 is 9.53 Å². The van der Waals surface area contributed by atoms with E-state index in [0.717, 1.165) is 15.9 Å². The number of methoxy groups -OCH3 is 1. The molecule has 1 aromatic carbocycles. The minimum absolute atomic E-state index is 0.331. The van der Waals surface area contributed by atoms with E-state index in [2.05, 4.69) is 26.2 Å². The predicted octanol–water partition coefficient (Wildman–Crippen LogP) is 3.24. The number of aromatic nitrogens is 1. The summed E-state index contributed by atoms with van der Waals surface area (Å²) in [5.74, 6) is -0.331. The first-order valence-corrected chi connectivity index (χ1v) is 6.52. The zero-order valence-electron chi connectivity index (χ0n) is 10.4. The molecule has 0 saturated heterocycles. The molecule has 2 aromatic rings. The average Bonchev–Trinajstić information content (AvgIpc) is 2.46. The van der Waals surface area contributed by atoms with Crippen molar-refractivity contribution in [3.05, 3.63) is 58.3 Å². The fraction of sp³-hybridized carbons (Fsp3) is 0.143. The summed E-state index contributed by atoms with van der Waals surface area (Å²) in [5.41, 5.74) is 2.32. The first kappa shape index (κ1) is 13.5. The van der Waals surface area contributed by atoms with Crippen LogP contribution in [0.15, 0.2) is 47.2 Å². The van der Waals surface area contributed by atoms with Crippen molar-refractivity contribution in [2.45, 2.75) is 6.54 Å². The Morgan fingerprint density at radius 1 is 1.32 bits per heavy atom. The number of carbonyl (C=O) groups excluding carboxylic acids is 1. The zero-order valence-corrected chi connectivity index (χ0v) is 12.0. The molecule has 0 aliphatic carbocycles. The Kier molecular flexibility index (Phi) is 4.52. The van der Waals surface area contributed by atoms with Gasteiger partial charge in [0.15, 0.2) is 0 Å². The molecule has 0 unspecified atom stereocenters. The highest BCUT2D eigenvalue weighted by Crippen LogP contribution is 2.20. The highest BCUT2D eigenvalue weighted by molar-refractivity contribution is 9.10. The van der Waals surface area contributed by atoms with Crippen molar-refractivity contribution in [2.24, 2.45) is 0 Å². The van der Waals surface area contributed by atoms with Crippen molar-refractivity contribution in [1.82, 2.24) is 4.98 Å². The van der Waals surface area contributed by atoms with Gasteiger partial charge in [0.05, 0.1) is 18.4 Å². The predicted molar refractivity (Wildman–Crippen MR) is 77.0 cm³/mol. The van der Waals surface area contributed by atoms with Gasteiger partial charge < -0.3 is 10.1 Å². The summed E-state index contributed by atoms with van der Waals surface area (Å²) in [6, 6.07) is 11.1. The first-order valence-electron chi connectivity index (χ1n) is 5.73. The second-order valence-corrected chi connectivity index (χ2v) is 4.60. The van der Waals surface area contributed by atoms with Gasteiger partial charge in [-0.25, -0.2) is 9.78 Å². The second-order valence-electron chi connectivity index (χ2n) is 3.84. The molecule has 2 rings (SSSR count). The molecule has 1 aromatic heterocycles. The number of nitrogens with zero attached hydrogens (tertiary/aromatic N) is 1. The maximum absolute atomic E-state index is 11.6. The van der Waals surface area contributed by atoms with Crippen LogP contribution in [0.25, 0.3) is 0 Å². The van der Waals surface area contributed by atoms with Gasteiger partial charge in [-0.15, -0.1) is 0 Å². The molecule has 0 atom stereocenters. The van der Waals surface area contributed by atoms with Gasteiger partial charge in [0.2, 0.25) is 0 Å². The summed E-state index contributed by atoms with van der Waals surface area (Å²) >= 11 is 3.37. The number of pyridine rings is 1. The van der Waals surface area contributed by atoms with E-state index in [4.69, 9.17) is 4.74 Å². The van der Waals surface area contributed by atoms with E-state index in [1.807, 2.05) is 30.3 Å². The van der Waals surface area contributed by atoms with Crippen LogP contribution in [0.4, 0.5) is 5.69 Å². The largest absolute Gasteiger partial charge is 0.465 e. The van der Waals surface area contributed by atoms with Gasteiger partial charge in [0.25, 0.3) is 0 Å². The van der Waals surface area contributed by atoms with E-state index in [1.54, 1.807) is 12.3 Å². The van der Waals surface area contributed by atoms with Crippen LogP contribution in [0.1, 0.15) is 15.9 Å². The lowest BCUT2D eigenvalue weighted by atomic mass is 10.1. The van der Waals surface area contributed by atoms with E-state index in [1.165, 1.54) is 7.11 Å². The Morgan fingerprint density at radius 3 is 2.84 bits per heavy atom. The quantitative estimate of drug-likeness (QED) is 0.694. The molecule has 1 N–H and O–H groups in total. The van der Waals surface area contributed by atoms with Crippen LogP contribution in [-0.2, 0) is 11.3 Å². The molecule has 0 saturated carbocycles. The number of nitrogens with one attached hydrogen (secondary N) is 1. The first-order chi connectivity index (χ1) is 9.22. The van der Waals surface area contributed by atoms with Gasteiger partial charge >= 0.3 is 5.97 Å². The number of anilines is 1. The van der Waals surface area contributed by atoms with E-state index in [0.29, 0.717) is 12.1 Å². The maximum Gasteiger partial charge on any atom is 0.338 e. The Bertz CT molecular complexity index is 587. The fourth-order valence-electron chi connectivity index (χ4n) is 1.69. The van der Waals surface area contributed by atoms with Gasteiger partial charge in [-0.1, -0.05) is 18.2 Å². The van der Waals surface area contributed by atoms with Gasteiger partial charge in [-0.3, -0.25) is 0 Å². The number of carbonyl (C=O) groups is 1. The standard InChI is InChI=1S/C14H13BrN2O2/c1-19-14(18)11-6-3-2-5-10(11)9-17-12-7-4-8-16-13(12)15/h2-8,17H,9H2,1H3. The molecule has 0 amide bonds. The molecule has 0 fully saturated rings. The van der Waals surface area contributed by atoms with Crippen molar-refractivity contribution in [3.8, 4) is 0 Å². The lowest BCUT2D eigenvalue weighted by molar-refractivity contribution is 0.0599. The van der Waals surface area contributed by atoms with Crippen molar-refractivity contribution in [2.75, 3.05) is 12.4 Å². The minimum Gasteiger partial charge on any atom is -0.465 e. The number of esters is 1. The number of halogens is 1. The zero-order chi connectivity index (χ0) is 13.7. The number of rotatable bonds is 4. The summed E-state index contributed by atoms with van der Waals surface area (Å²) in [4.78, 5) is 15.8. The lowest BCUT2D eigenvalue weighted by Crippen LogP contribution is -2.09. The van der Waals surface area contributed by atoms with Crippen LogP contribution in [0.2, 0.25) is 0 Å². The number of benzene rings is 1. The molecule has 98 valence electrons. The van der Waals surface area contributed by atoms with Crippen LogP contribution < -0.4 is 5.32 Å². The molecule has 0 aliphatic heterocycles. The van der Waals surface area contributed by atoms with Crippen LogP contribution in [0.3, 0.4) is 0 Å². The third-order valence-corrected chi connectivity index (χ3v) is 3.28.